The summed E-state index contributed by atoms with van der Waals surface area (Å²) in [6.07, 6.45) is 0. The molecule has 0 radical (unpaired) electrons. The topological polar surface area (TPSA) is 42.8 Å². The number of carbonyl (C=O) groups is 1. The van der Waals surface area contributed by atoms with Crippen LogP contribution in [0, 0.1) is 0 Å². The maximum atomic E-state index is 11.6. The van der Waals surface area contributed by atoms with E-state index in [1.807, 2.05) is 0 Å². The second-order valence-corrected chi connectivity index (χ2v) is 5.26. The van der Waals surface area contributed by atoms with E-state index in [1.165, 1.54) is 4.90 Å². The van der Waals surface area contributed by atoms with Crippen molar-refractivity contribution in [3.05, 3.63) is 28.2 Å². The van der Waals surface area contributed by atoms with Gasteiger partial charge in [-0.05, 0) is 32.0 Å². The van der Waals surface area contributed by atoms with Gasteiger partial charge >= 0.3 is 0 Å². The number of quaternary nitrogens is 1. The molecule has 20 heavy (non-hydrogen) atoms. The van der Waals surface area contributed by atoms with Crippen molar-refractivity contribution in [3.8, 4) is 5.75 Å². The highest BCUT2D eigenvalue weighted by molar-refractivity contribution is 6.35. The highest BCUT2D eigenvalue weighted by Gasteiger charge is 2.07. The lowest BCUT2D eigenvalue weighted by atomic mass is 10.3. The van der Waals surface area contributed by atoms with Crippen molar-refractivity contribution in [3.63, 3.8) is 0 Å². The molecule has 0 heterocycles. The Kier molecular flexibility index (Phi) is 7.73. The number of carbonyl (C=O) groups excluding carboxylic acids is 1. The van der Waals surface area contributed by atoms with Crippen LogP contribution in [0.2, 0.25) is 10.0 Å². The molecule has 0 aromatic heterocycles. The van der Waals surface area contributed by atoms with Gasteiger partial charge in [-0.25, -0.2) is 0 Å². The summed E-state index contributed by atoms with van der Waals surface area (Å²) in [5.41, 5.74) is 0. The van der Waals surface area contributed by atoms with Crippen molar-refractivity contribution in [2.24, 2.45) is 0 Å². The van der Waals surface area contributed by atoms with Crippen LogP contribution in [0.5, 0.6) is 5.75 Å². The molecule has 2 N–H and O–H groups in total. The maximum Gasteiger partial charge on any atom is 0.258 e. The predicted octanol–water partition coefficient (Wildman–Crippen LogP) is 1.41. The number of hydrogen-bond donors (Lipinski definition) is 2. The lowest BCUT2D eigenvalue weighted by Crippen LogP contribution is -3.12. The van der Waals surface area contributed by atoms with Crippen molar-refractivity contribution in [2.45, 2.75) is 13.8 Å². The third-order valence-corrected chi connectivity index (χ3v) is 3.58. The Morgan fingerprint density at radius 2 is 2.00 bits per heavy atom. The van der Waals surface area contributed by atoms with Crippen LogP contribution < -0.4 is 15.0 Å². The molecule has 1 amide bonds. The number of halogens is 2. The second-order valence-electron chi connectivity index (χ2n) is 4.42. The van der Waals surface area contributed by atoms with Crippen LogP contribution in [0.1, 0.15) is 13.8 Å². The summed E-state index contributed by atoms with van der Waals surface area (Å²) in [4.78, 5) is 13.1. The van der Waals surface area contributed by atoms with Crippen LogP contribution in [0.3, 0.4) is 0 Å². The van der Waals surface area contributed by atoms with Gasteiger partial charge < -0.3 is 15.0 Å². The minimum atomic E-state index is -0.150. The zero-order chi connectivity index (χ0) is 15.0. The van der Waals surface area contributed by atoms with E-state index in [-0.39, 0.29) is 12.5 Å². The van der Waals surface area contributed by atoms with Crippen LogP contribution in [-0.4, -0.2) is 38.7 Å². The van der Waals surface area contributed by atoms with E-state index in [0.717, 1.165) is 19.6 Å². The van der Waals surface area contributed by atoms with Crippen LogP contribution in [-0.2, 0) is 4.79 Å². The molecule has 4 nitrogen and oxygen atoms in total. The van der Waals surface area contributed by atoms with Crippen molar-refractivity contribution >= 4 is 29.1 Å². The van der Waals surface area contributed by atoms with Crippen LogP contribution in [0.4, 0.5) is 0 Å². The Morgan fingerprint density at radius 3 is 2.60 bits per heavy atom. The summed E-state index contributed by atoms with van der Waals surface area (Å²) in [5.74, 6) is 0.308. The summed E-state index contributed by atoms with van der Waals surface area (Å²) in [6.45, 7) is 7.90. The molecule has 112 valence electrons. The molecule has 0 unspecified atom stereocenters. The minimum absolute atomic E-state index is 0.0467. The molecule has 0 aliphatic carbocycles. The van der Waals surface area contributed by atoms with Gasteiger partial charge in [0.25, 0.3) is 5.91 Å². The normalized spacial score (nSPS) is 10.7. The van der Waals surface area contributed by atoms with Crippen molar-refractivity contribution in [1.82, 2.24) is 5.32 Å². The molecule has 0 bridgehead atoms. The molecule has 1 rings (SSSR count). The van der Waals surface area contributed by atoms with E-state index in [4.69, 9.17) is 27.9 Å². The summed E-state index contributed by atoms with van der Waals surface area (Å²) in [5, 5.41) is 3.77. The standard InChI is InChI=1S/C14H20Cl2N2O2/c1-3-18(4-2)8-7-17-14(19)10-20-13-6-5-11(15)9-12(13)16/h5-6,9H,3-4,7-8,10H2,1-2H3,(H,17,19)/p+1. The molecule has 1 aromatic rings. The monoisotopic (exact) mass is 319 g/mol. The molecule has 0 saturated heterocycles. The molecule has 0 aliphatic heterocycles. The van der Waals surface area contributed by atoms with Gasteiger partial charge in [0.15, 0.2) is 6.61 Å². The zero-order valence-electron chi connectivity index (χ0n) is 11.8. The van der Waals surface area contributed by atoms with E-state index < -0.39 is 0 Å². The predicted molar refractivity (Wildman–Crippen MR) is 81.9 cm³/mol. The Hall–Kier alpha value is -0.970. The summed E-state index contributed by atoms with van der Waals surface area (Å²) >= 11 is 11.7. The average Bonchev–Trinajstić information content (AvgIpc) is 2.42. The lowest BCUT2D eigenvalue weighted by Gasteiger charge is -2.15. The fourth-order valence-electron chi connectivity index (χ4n) is 1.77. The minimum Gasteiger partial charge on any atom is -0.482 e. The molecule has 0 saturated carbocycles. The average molecular weight is 320 g/mol. The molecular formula is C14H21Cl2N2O2+. The SMILES string of the molecule is CC[NH+](CC)CCNC(=O)COc1ccc(Cl)cc1Cl. The third-order valence-electron chi connectivity index (χ3n) is 3.05. The highest BCUT2D eigenvalue weighted by Crippen LogP contribution is 2.27. The van der Waals surface area contributed by atoms with Gasteiger partial charge in [-0.1, -0.05) is 23.2 Å². The van der Waals surface area contributed by atoms with Gasteiger partial charge in [0.2, 0.25) is 0 Å². The van der Waals surface area contributed by atoms with E-state index >= 15 is 0 Å². The maximum absolute atomic E-state index is 11.6. The van der Waals surface area contributed by atoms with Crippen LogP contribution >= 0.6 is 23.2 Å². The second kappa shape index (κ2) is 9.06. The molecule has 1 aromatic carbocycles. The first-order valence-corrected chi connectivity index (χ1v) is 7.50. The number of nitrogens with one attached hydrogen (secondary N) is 2. The van der Waals surface area contributed by atoms with Crippen LogP contribution in [0.25, 0.3) is 0 Å². The quantitative estimate of drug-likeness (QED) is 0.761. The smallest absolute Gasteiger partial charge is 0.258 e. The number of benzene rings is 1. The fourth-order valence-corrected chi connectivity index (χ4v) is 2.23. The van der Waals surface area contributed by atoms with Gasteiger partial charge in [0, 0.05) is 5.02 Å². The van der Waals surface area contributed by atoms with E-state index in [9.17, 15) is 4.79 Å². The Balaban J connectivity index is 2.29. The molecular weight excluding hydrogens is 299 g/mol. The number of ether oxygens (including phenoxy) is 1. The Morgan fingerprint density at radius 1 is 1.30 bits per heavy atom. The van der Waals surface area contributed by atoms with Gasteiger partial charge in [0.05, 0.1) is 31.2 Å². The summed E-state index contributed by atoms with van der Waals surface area (Å²) in [6, 6.07) is 4.91. The van der Waals surface area contributed by atoms with Crippen LogP contribution in [0.15, 0.2) is 18.2 Å². The summed E-state index contributed by atoms with van der Waals surface area (Å²) < 4.78 is 5.35. The highest BCUT2D eigenvalue weighted by atomic mass is 35.5. The van der Waals surface area contributed by atoms with Gasteiger partial charge in [0.1, 0.15) is 5.75 Å². The van der Waals surface area contributed by atoms with Gasteiger partial charge in [-0.2, -0.15) is 0 Å². The van der Waals surface area contributed by atoms with Crippen molar-refractivity contribution in [1.29, 1.82) is 0 Å². The van der Waals surface area contributed by atoms with Crippen molar-refractivity contribution in [2.75, 3.05) is 32.8 Å². The van der Waals surface area contributed by atoms with E-state index in [2.05, 4.69) is 19.2 Å². The third kappa shape index (κ3) is 5.99. The van der Waals surface area contributed by atoms with Crippen molar-refractivity contribution < 1.29 is 14.4 Å². The molecule has 0 atom stereocenters. The zero-order valence-corrected chi connectivity index (χ0v) is 13.4. The van der Waals surface area contributed by atoms with E-state index in [1.54, 1.807) is 18.2 Å². The number of likely N-dealkylation sites (N-methyl/N-ethyl adjacent to an activating group) is 1. The Bertz CT molecular complexity index is 437. The number of amides is 1. The largest absolute Gasteiger partial charge is 0.482 e. The number of rotatable bonds is 8. The fraction of sp³-hybridized carbons (Fsp3) is 0.500. The molecule has 0 aliphatic rings. The molecule has 6 heteroatoms. The first-order chi connectivity index (χ1) is 9.56. The Labute approximate surface area is 130 Å². The lowest BCUT2D eigenvalue weighted by molar-refractivity contribution is -0.895. The number of hydrogen-bond acceptors (Lipinski definition) is 2. The van der Waals surface area contributed by atoms with Gasteiger partial charge in [-0.3, -0.25) is 4.79 Å². The molecule has 0 fully saturated rings. The first-order valence-electron chi connectivity index (χ1n) is 6.74. The van der Waals surface area contributed by atoms with E-state index in [0.29, 0.717) is 22.3 Å². The van der Waals surface area contributed by atoms with Gasteiger partial charge in [-0.15, -0.1) is 0 Å². The first kappa shape index (κ1) is 17.1. The summed E-state index contributed by atoms with van der Waals surface area (Å²) in [7, 11) is 0. The molecule has 0 spiro atoms.